The van der Waals surface area contributed by atoms with E-state index in [9.17, 15) is 9.18 Å². The molecule has 1 saturated heterocycles. The van der Waals surface area contributed by atoms with Crippen LogP contribution in [0.15, 0.2) is 33.7 Å². The van der Waals surface area contributed by atoms with Gasteiger partial charge in [0, 0.05) is 16.5 Å². The van der Waals surface area contributed by atoms with Gasteiger partial charge >= 0.3 is 5.97 Å². The predicted octanol–water partition coefficient (Wildman–Crippen LogP) is 2.67. The Kier molecular flexibility index (Phi) is 3.45. The minimum Gasteiger partial charge on any atom is -0.475 e. The van der Waals surface area contributed by atoms with Gasteiger partial charge in [0.25, 0.3) is 0 Å². The third kappa shape index (κ3) is 2.54. The SMILES string of the molecule is O=C(O)c1cc(-c2ccc(SC3COC3)c(F)c2)no1. The Balaban J connectivity index is 1.83. The fourth-order valence-corrected chi connectivity index (χ4v) is 2.74. The van der Waals surface area contributed by atoms with Crippen LogP contribution in [0.4, 0.5) is 4.39 Å². The molecule has 1 aromatic heterocycles. The van der Waals surface area contributed by atoms with E-state index >= 15 is 0 Å². The highest BCUT2D eigenvalue weighted by atomic mass is 32.2. The van der Waals surface area contributed by atoms with E-state index in [1.165, 1.54) is 23.9 Å². The molecule has 0 bridgehead atoms. The van der Waals surface area contributed by atoms with Crippen molar-refractivity contribution in [1.82, 2.24) is 5.16 Å². The molecular weight excluding hydrogens is 285 g/mol. The van der Waals surface area contributed by atoms with Crippen molar-refractivity contribution in [3.63, 3.8) is 0 Å². The third-order valence-corrected chi connectivity index (χ3v) is 4.04. The molecule has 20 heavy (non-hydrogen) atoms. The number of carboxylic acid groups (broad SMARTS) is 1. The number of nitrogens with zero attached hydrogens (tertiary/aromatic N) is 1. The van der Waals surface area contributed by atoms with Gasteiger partial charge in [-0.15, -0.1) is 11.8 Å². The van der Waals surface area contributed by atoms with Crippen molar-refractivity contribution < 1.29 is 23.6 Å². The third-order valence-electron chi connectivity index (χ3n) is 2.85. The lowest BCUT2D eigenvalue weighted by Crippen LogP contribution is -2.30. The molecule has 5 nitrogen and oxygen atoms in total. The van der Waals surface area contributed by atoms with Crippen LogP contribution < -0.4 is 0 Å². The predicted molar refractivity (Wildman–Crippen MR) is 69.3 cm³/mol. The molecule has 0 amide bonds. The number of benzene rings is 1. The van der Waals surface area contributed by atoms with E-state index in [1.54, 1.807) is 12.1 Å². The van der Waals surface area contributed by atoms with Crippen molar-refractivity contribution in [1.29, 1.82) is 0 Å². The Bertz CT molecular complexity index is 654. The molecule has 1 aromatic carbocycles. The summed E-state index contributed by atoms with van der Waals surface area (Å²) in [7, 11) is 0. The maximum atomic E-state index is 14.0. The van der Waals surface area contributed by atoms with E-state index in [-0.39, 0.29) is 11.6 Å². The second-order valence-corrected chi connectivity index (χ2v) is 5.65. The zero-order valence-corrected chi connectivity index (χ0v) is 11.0. The average molecular weight is 295 g/mol. The summed E-state index contributed by atoms with van der Waals surface area (Å²) < 4.78 is 23.7. The number of halogens is 1. The van der Waals surface area contributed by atoms with Gasteiger partial charge in [-0.1, -0.05) is 11.2 Å². The standard InChI is InChI=1S/C13H10FNO4S/c14-9-3-7(10-4-11(13(16)17)19-15-10)1-2-12(9)20-8-5-18-6-8/h1-4,8H,5-6H2,(H,16,17). The first-order valence-corrected chi connectivity index (χ1v) is 6.76. The zero-order valence-electron chi connectivity index (χ0n) is 10.2. The molecule has 2 heterocycles. The monoisotopic (exact) mass is 295 g/mol. The van der Waals surface area contributed by atoms with Crippen molar-refractivity contribution in [2.24, 2.45) is 0 Å². The fourth-order valence-electron chi connectivity index (χ4n) is 1.73. The number of hydrogen-bond acceptors (Lipinski definition) is 5. The van der Waals surface area contributed by atoms with E-state index in [4.69, 9.17) is 9.84 Å². The van der Waals surface area contributed by atoms with Crippen LogP contribution in [-0.4, -0.2) is 34.7 Å². The topological polar surface area (TPSA) is 72.6 Å². The Morgan fingerprint density at radius 2 is 2.20 bits per heavy atom. The summed E-state index contributed by atoms with van der Waals surface area (Å²) in [6, 6.07) is 5.94. The summed E-state index contributed by atoms with van der Waals surface area (Å²) in [5.41, 5.74) is 0.776. The number of hydrogen-bond donors (Lipinski definition) is 1. The molecule has 1 aliphatic rings. The quantitative estimate of drug-likeness (QED) is 0.935. The Morgan fingerprint density at radius 3 is 2.75 bits per heavy atom. The molecule has 1 N–H and O–H groups in total. The maximum absolute atomic E-state index is 14.0. The van der Waals surface area contributed by atoms with E-state index in [0.717, 1.165) is 0 Å². The molecule has 0 unspecified atom stereocenters. The van der Waals surface area contributed by atoms with Gasteiger partial charge in [-0.05, 0) is 12.1 Å². The van der Waals surface area contributed by atoms with E-state index < -0.39 is 5.97 Å². The molecule has 7 heteroatoms. The highest BCUT2D eigenvalue weighted by Crippen LogP contribution is 2.32. The first kappa shape index (κ1) is 13.1. The summed E-state index contributed by atoms with van der Waals surface area (Å²) >= 11 is 1.43. The lowest BCUT2D eigenvalue weighted by Gasteiger charge is -2.25. The van der Waals surface area contributed by atoms with E-state index in [2.05, 4.69) is 9.68 Å². The van der Waals surface area contributed by atoms with Crippen LogP contribution in [0.1, 0.15) is 10.6 Å². The largest absolute Gasteiger partial charge is 0.475 e. The van der Waals surface area contributed by atoms with Crippen LogP contribution in [0.3, 0.4) is 0 Å². The van der Waals surface area contributed by atoms with Gasteiger partial charge in [0.15, 0.2) is 0 Å². The number of carbonyl (C=O) groups is 1. The van der Waals surface area contributed by atoms with Gasteiger partial charge in [0.05, 0.1) is 18.5 Å². The van der Waals surface area contributed by atoms with Crippen LogP contribution in [0.5, 0.6) is 0 Å². The Hall–Kier alpha value is -1.86. The summed E-state index contributed by atoms with van der Waals surface area (Å²) in [6.45, 7) is 1.27. The molecular formula is C13H10FNO4S. The normalized spacial score (nSPS) is 15.1. The molecule has 1 fully saturated rings. The van der Waals surface area contributed by atoms with Crippen LogP contribution in [0, 0.1) is 5.82 Å². The fraction of sp³-hybridized carbons (Fsp3) is 0.231. The average Bonchev–Trinajstić information content (AvgIpc) is 2.84. The first-order chi connectivity index (χ1) is 9.63. The number of aromatic carboxylic acids is 1. The van der Waals surface area contributed by atoms with E-state index in [0.29, 0.717) is 34.6 Å². The zero-order chi connectivity index (χ0) is 14.1. The number of rotatable bonds is 4. The van der Waals surface area contributed by atoms with Crippen LogP contribution in [-0.2, 0) is 4.74 Å². The molecule has 0 spiro atoms. The second-order valence-electron chi connectivity index (χ2n) is 4.30. The molecule has 0 atom stereocenters. The summed E-state index contributed by atoms with van der Waals surface area (Å²) in [4.78, 5) is 11.2. The second kappa shape index (κ2) is 5.26. The van der Waals surface area contributed by atoms with Crippen molar-refractivity contribution in [2.45, 2.75) is 10.1 Å². The number of carboxylic acids is 1. The molecule has 2 aromatic rings. The van der Waals surface area contributed by atoms with Gasteiger partial charge in [0.1, 0.15) is 11.5 Å². The van der Waals surface area contributed by atoms with Crippen LogP contribution >= 0.6 is 11.8 Å². The highest BCUT2D eigenvalue weighted by molar-refractivity contribution is 8.00. The van der Waals surface area contributed by atoms with Crippen molar-refractivity contribution in [3.05, 3.63) is 35.8 Å². The Labute approximate surface area is 117 Å². The van der Waals surface area contributed by atoms with Crippen molar-refractivity contribution >= 4 is 17.7 Å². The van der Waals surface area contributed by atoms with Crippen LogP contribution in [0.25, 0.3) is 11.3 Å². The number of aromatic nitrogens is 1. The lowest BCUT2D eigenvalue weighted by molar-refractivity contribution is 0.0455. The molecule has 104 valence electrons. The molecule has 0 saturated carbocycles. The smallest absolute Gasteiger partial charge is 0.374 e. The van der Waals surface area contributed by atoms with Gasteiger partial charge in [-0.25, -0.2) is 9.18 Å². The number of ether oxygens (including phenoxy) is 1. The van der Waals surface area contributed by atoms with Crippen LogP contribution in [0.2, 0.25) is 0 Å². The first-order valence-electron chi connectivity index (χ1n) is 5.88. The van der Waals surface area contributed by atoms with Gasteiger partial charge < -0.3 is 14.4 Å². The minimum absolute atomic E-state index is 0.273. The van der Waals surface area contributed by atoms with Gasteiger partial charge in [-0.3, -0.25) is 0 Å². The summed E-state index contributed by atoms with van der Waals surface area (Å²) in [5, 5.41) is 12.7. The highest BCUT2D eigenvalue weighted by Gasteiger charge is 2.21. The maximum Gasteiger partial charge on any atom is 0.374 e. The Morgan fingerprint density at radius 1 is 1.40 bits per heavy atom. The molecule has 3 rings (SSSR count). The molecule has 1 aliphatic heterocycles. The van der Waals surface area contributed by atoms with Crippen molar-refractivity contribution in [2.75, 3.05) is 13.2 Å². The van der Waals surface area contributed by atoms with E-state index in [1.807, 2.05) is 0 Å². The summed E-state index contributed by atoms with van der Waals surface area (Å²) in [6.07, 6.45) is 0. The van der Waals surface area contributed by atoms with Gasteiger partial charge in [0.2, 0.25) is 5.76 Å². The lowest BCUT2D eigenvalue weighted by atomic mass is 10.1. The van der Waals surface area contributed by atoms with Crippen molar-refractivity contribution in [3.8, 4) is 11.3 Å². The summed E-state index contributed by atoms with van der Waals surface area (Å²) in [5.74, 6) is -1.84. The molecule has 0 aliphatic carbocycles. The number of thioether (sulfide) groups is 1. The van der Waals surface area contributed by atoms with Gasteiger partial charge in [-0.2, -0.15) is 0 Å². The molecule has 0 radical (unpaired) electrons. The minimum atomic E-state index is -1.21.